The van der Waals surface area contributed by atoms with E-state index < -0.39 is 0 Å². The van der Waals surface area contributed by atoms with Gasteiger partial charge in [-0.25, -0.2) is 0 Å². The normalized spacial score (nSPS) is 23.7. The van der Waals surface area contributed by atoms with Gasteiger partial charge in [-0.15, -0.1) is 0 Å². The van der Waals surface area contributed by atoms with Crippen molar-refractivity contribution in [2.75, 3.05) is 18.4 Å². The van der Waals surface area contributed by atoms with E-state index in [-0.39, 0.29) is 11.8 Å². The SMILES string of the molecule is Cc1cccc(NC(=O)C2CNCC2C)c1Br. The van der Waals surface area contributed by atoms with Crippen molar-refractivity contribution < 1.29 is 4.79 Å². The minimum absolute atomic E-state index is 0.0717. The van der Waals surface area contributed by atoms with Crippen LogP contribution < -0.4 is 10.6 Å². The molecule has 92 valence electrons. The van der Waals surface area contributed by atoms with Gasteiger partial charge in [-0.3, -0.25) is 4.79 Å². The summed E-state index contributed by atoms with van der Waals surface area (Å²) in [5, 5.41) is 6.24. The van der Waals surface area contributed by atoms with E-state index in [1.807, 2.05) is 25.1 Å². The van der Waals surface area contributed by atoms with E-state index in [1.54, 1.807) is 0 Å². The fraction of sp³-hybridized carbons (Fsp3) is 0.462. The molecule has 1 saturated heterocycles. The van der Waals surface area contributed by atoms with Crippen molar-refractivity contribution >= 4 is 27.5 Å². The number of carbonyl (C=O) groups is 1. The minimum atomic E-state index is 0.0717. The van der Waals surface area contributed by atoms with Gasteiger partial charge in [0.15, 0.2) is 0 Å². The average Bonchev–Trinajstić information content (AvgIpc) is 2.71. The second-order valence-corrected chi connectivity index (χ2v) is 5.46. The molecule has 2 unspecified atom stereocenters. The Hall–Kier alpha value is -0.870. The third-order valence-electron chi connectivity index (χ3n) is 3.30. The molecule has 1 amide bonds. The Morgan fingerprint density at radius 2 is 2.24 bits per heavy atom. The number of hydrogen-bond acceptors (Lipinski definition) is 2. The molecule has 0 bridgehead atoms. The molecule has 2 rings (SSSR count). The summed E-state index contributed by atoms with van der Waals surface area (Å²) in [6.07, 6.45) is 0. The molecule has 17 heavy (non-hydrogen) atoms. The molecule has 4 heteroatoms. The lowest BCUT2D eigenvalue weighted by Gasteiger charge is -2.15. The largest absolute Gasteiger partial charge is 0.325 e. The highest BCUT2D eigenvalue weighted by molar-refractivity contribution is 9.10. The molecule has 0 saturated carbocycles. The van der Waals surface area contributed by atoms with Gasteiger partial charge in [-0.05, 0) is 46.9 Å². The molecule has 0 spiro atoms. The number of aryl methyl sites for hydroxylation is 1. The van der Waals surface area contributed by atoms with Crippen LogP contribution in [0.5, 0.6) is 0 Å². The lowest BCUT2D eigenvalue weighted by Crippen LogP contribution is -2.28. The first kappa shape index (κ1) is 12.6. The summed E-state index contributed by atoms with van der Waals surface area (Å²) in [6, 6.07) is 5.88. The van der Waals surface area contributed by atoms with Gasteiger partial charge in [0.25, 0.3) is 0 Å². The molecule has 0 radical (unpaired) electrons. The van der Waals surface area contributed by atoms with Gasteiger partial charge in [0, 0.05) is 11.0 Å². The van der Waals surface area contributed by atoms with Gasteiger partial charge < -0.3 is 10.6 Å². The maximum Gasteiger partial charge on any atom is 0.229 e. The highest BCUT2D eigenvalue weighted by Gasteiger charge is 2.29. The Balaban J connectivity index is 2.10. The van der Waals surface area contributed by atoms with E-state index in [2.05, 4.69) is 33.5 Å². The Kier molecular flexibility index (Phi) is 3.84. The van der Waals surface area contributed by atoms with E-state index in [1.165, 1.54) is 0 Å². The van der Waals surface area contributed by atoms with Gasteiger partial charge in [-0.2, -0.15) is 0 Å². The summed E-state index contributed by atoms with van der Waals surface area (Å²) >= 11 is 3.50. The van der Waals surface area contributed by atoms with Gasteiger partial charge >= 0.3 is 0 Å². The fourth-order valence-corrected chi connectivity index (χ4v) is 2.49. The van der Waals surface area contributed by atoms with Crippen LogP contribution in [0.4, 0.5) is 5.69 Å². The third kappa shape index (κ3) is 2.69. The van der Waals surface area contributed by atoms with Crippen molar-refractivity contribution in [1.29, 1.82) is 0 Å². The van der Waals surface area contributed by atoms with Crippen LogP contribution in [0.3, 0.4) is 0 Å². The molecule has 1 heterocycles. The van der Waals surface area contributed by atoms with E-state index in [0.717, 1.165) is 28.8 Å². The molecule has 2 atom stereocenters. The van der Waals surface area contributed by atoms with Crippen molar-refractivity contribution in [3.8, 4) is 0 Å². The van der Waals surface area contributed by atoms with Crippen LogP contribution in [-0.4, -0.2) is 19.0 Å². The second kappa shape index (κ2) is 5.19. The van der Waals surface area contributed by atoms with Crippen LogP contribution in [0.2, 0.25) is 0 Å². The summed E-state index contributed by atoms with van der Waals surface area (Å²) in [6.45, 7) is 5.82. The maximum atomic E-state index is 12.1. The van der Waals surface area contributed by atoms with Gasteiger partial charge in [0.05, 0.1) is 11.6 Å². The molecule has 1 aliphatic rings. The van der Waals surface area contributed by atoms with Crippen molar-refractivity contribution in [1.82, 2.24) is 5.32 Å². The Morgan fingerprint density at radius 1 is 1.47 bits per heavy atom. The molecule has 0 aromatic heterocycles. The first-order valence-electron chi connectivity index (χ1n) is 5.86. The van der Waals surface area contributed by atoms with E-state index >= 15 is 0 Å². The summed E-state index contributed by atoms with van der Waals surface area (Å²) < 4.78 is 0.965. The molecule has 2 N–H and O–H groups in total. The Morgan fingerprint density at radius 3 is 2.88 bits per heavy atom. The van der Waals surface area contributed by atoms with Crippen molar-refractivity contribution in [3.63, 3.8) is 0 Å². The number of halogens is 1. The van der Waals surface area contributed by atoms with E-state index in [9.17, 15) is 4.79 Å². The number of benzene rings is 1. The number of rotatable bonds is 2. The molecule has 3 nitrogen and oxygen atoms in total. The molecular weight excluding hydrogens is 280 g/mol. The fourth-order valence-electron chi connectivity index (χ4n) is 2.13. The van der Waals surface area contributed by atoms with Crippen LogP contribution in [0, 0.1) is 18.8 Å². The monoisotopic (exact) mass is 296 g/mol. The van der Waals surface area contributed by atoms with Crippen LogP contribution >= 0.6 is 15.9 Å². The minimum Gasteiger partial charge on any atom is -0.325 e. The number of carbonyl (C=O) groups excluding carboxylic acids is 1. The predicted molar refractivity (Wildman–Crippen MR) is 73.0 cm³/mol. The number of hydrogen-bond donors (Lipinski definition) is 2. The molecule has 1 aromatic carbocycles. The molecule has 1 fully saturated rings. The van der Waals surface area contributed by atoms with Crippen LogP contribution in [0.15, 0.2) is 22.7 Å². The smallest absolute Gasteiger partial charge is 0.229 e. The topological polar surface area (TPSA) is 41.1 Å². The summed E-state index contributed by atoms with van der Waals surface area (Å²) in [5.74, 6) is 0.579. The zero-order chi connectivity index (χ0) is 12.4. The molecule has 1 aliphatic heterocycles. The van der Waals surface area contributed by atoms with E-state index in [4.69, 9.17) is 0 Å². The lowest BCUT2D eigenvalue weighted by molar-refractivity contribution is -0.120. The Labute approximate surface area is 110 Å². The zero-order valence-electron chi connectivity index (χ0n) is 10.1. The standard InChI is InChI=1S/C13H17BrN2O/c1-8-4-3-5-11(12(8)14)16-13(17)10-7-15-6-9(10)2/h3-5,9-10,15H,6-7H2,1-2H3,(H,16,17). The van der Waals surface area contributed by atoms with Crippen LogP contribution in [0.1, 0.15) is 12.5 Å². The first-order chi connectivity index (χ1) is 8.09. The van der Waals surface area contributed by atoms with Crippen molar-refractivity contribution in [3.05, 3.63) is 28.2 Å². The van der Waals surface area contributed by atoms with Crippen LogP contribution in [-0.2, 0) is 4.79 Å². The number of amides is 1. The number of anilines is 1. The number of nitrogens with one attached hydrogen (secondary N) is 2. The summed E-state index contributed by atoms with van der Waals surface area (Å²) in [4.78, 5) is 12.1. The second-order valence-electron chi connectivity index (χ2n) is 4.67. The summed E-state index contributed by atoms with van der Waals surface area (Å²) in [7, 11) is 0. The maximum absolute atomic E-state index is 12.1. The molecule has 1 aromatic rings. The highest BCUT2D eigenvalue weighted by atomic mass is 79.9. The van der Waals surface area contributed by atoms with Crippen LogP contribution in [0.25, 0.3) is 0 Å². The predicted octanol–water partition coefficient (Wildman–Crippen LogP) is 2.55. The molecule has 0 aliphatic carbocycles. The summed E-state index contributed by atoms with van der Waals surface area (Å²) in [5.41, 5.74) is 1.98. The Bertz CT molecular complexity index is 433. The molecular formula is C13H17BrN2O. The van der Waals surface area contributed by atoms with E-state index in [0.29, 0.717) is 5.92 Å². The third-order valence-corrected chi connectivity index (χ3v) is 4.36. The van der Waals surface area contributed by atoms with Gasteiger partial charge in [-0.1, -0.05) is 19.1 Å². The lowest BCUT2D eigenvalue weighted by atomic mass is 9.97. The quantitative estimate of drug-likeness (QED) is 0.881. The van der Waals surface area contributed by atoms with Crippen molar-refractivity contribution in [2.45, 2.75) is 13.8 Å². The first-order valence-corrected chi connectivity index (χ1v) is 6.65. The zero-order valence-corrected chi connectivity index (χ0v) is 11.7. The van der Waals surface area contributed by atoms with Gasteiger partial charge in [0.2, 0.25) is 5.91 Å². The van der Waals surface area contributed by atoms with Gasteiger partial charge in [0.1, 0.15) is 0 Å². The average molecular weight is 297 g/mol. The van der Waals surface area contributed by atoms with Crippen molar-refractivity contribution in [2.24, 2.45) is 11.8 Å². The highest BCUT2D eigenvalue weighted by Crippen LogP contribution is 2.27.